The molecule has 0 amide bonds. The van der Waals surface area contributed by atoms with Crippen molar-refractivity contribution in [2.45, 2.75) is 41.4 Å². The molecule has 0 bridgehead atoms. The molecule has 0 aliphatic carbocycles. The summed E-state index contributed by atoms with van der Waals surface area (Å²) in [5.41, 5.74) is 1.07. The monoisotopic (exact) mass is 621 g/mol. The van der Waals surface area contributed by atoms with Gasteiger partial charge in [-0.15, -0.1) is 0 Å². The van der Waals surface area contributed by atoms with E-state index < -0.39 is 36.4 Å². The number of nitro groups is 1. The van der Waals surface area contributed by atoms with Crippen molar-refractivity contribution in [2.24, 2.45) is 5.92 Å². The van der Waals surface area contributed by atoms with E-state index in [4.69, 9.17) is 0 Å². The highest BCUT2D eigenvalue weighted by atomic mass is 32.2. The van der Waals surface area contributed by atoms with Gasteiger partial charge in [-0.1, -0.05) is 12.1 Å². The lowest BCUT2D eigenvalue weighted by Gasteiger charge is -2.33. The van der Waals surface area contributed by atoms with Gasteiger partial charge in [0.2, 0.25) is 10.0 Å². The van der Waals surface area contributed by atoms with Crippen molar-refractivity contribution in [2.75, 3.05) is 32.4 Å². The Kier molecular flexibility index (Phi) is 10.1. The van der Waals surface area contributed by atoms with Crippen LogP contribution in [-0.2, 0) is 19.9 Å². The normalized spacial score (nSPS) is 15.9. The number of hydrogen-bond acceptors (Lipinski definition) is 7. The van der Waals surface area contributed by atoms with E-state index in [1.54, 1.807) is 12.1 Å². The van der Waals surface area contributed by atoms with Crippen LogP contribution in [0.3, 0.4) is 0 Å². The molecule has 3 aromatic carbocycles. The van der Waals surface area contributed by atoms with Crippen LogP contribution in [0.5, 0.6) is 0 Å². The topological polar surface area (TPSA) is 127 Å². The van der Waals surface area contributed by atoms with Crippen molar-refractivity contribution >= 4 is 25.5 Å². The Morgan fingerprint density at radius 2 is 1.48 bits per heavy atom. The SMILES string of the molecule is CS(=O)(=O)c1ccc([C@@H](CCN2CCC(CCNS(=O)(=O)c3ccc([N+](=O)[O-])cc3)CC2)c2cc(F)cc(F)c2)cc1. The van der Waals surface area contributed by atoms with Crippen molar-refractivity contribution in [1.29, 1.82) is 0 Å². The molecule has 9 nitrogen and oxygen atoms in total. The number of nitrogens with zero attached hydrogens (tertiary/aromatic N) is 2. The number of nitrogens with one attached hydrogen (secondary N) is 1. The van der Waals surface area contributed by atoms with Gasteiger partial charge in [0.25, 0.3) is 5.69 Å². The molecule has 42 heavy (non-hydrogen) atoms. The van der Waals surface area contributed by atoms with E-state index >= 15 is 0 Å². The van der Waals surface area contributed by atoms with Crippen molar-refractivity contribution in [3.05, 3.63) is 99.6 Å². The third-order valence-electron chi connectivity index (χ3n) is 7.64. The number of nitro benzene ring substituents is 1. The lowest BCUT2D eigenvalue weighted by molar-refractivity contribution is -0.384. The van der Waals surface area contributed by atoms with Crippen molar-refractivity contribution < 1.29 is 30.5 Å². The van der Waals surface area contributed by atoms with E-state index in [0.717, 1.165) is 55.9 Å². The van der Waals surface area contributed by atoms with Crippen molar-refractivity contribution in [3.8, 4) is 0 Å². The maximum atomic E-state index is 14.1. The molecule has 13 heteroatoms. The van der Waals surface area contributed by atoms with E-state index in [1.165, 1.54) is 36.4 Å². The Morgan fingerprint density at radius 1 is 0.905 bits per heavy atom. The summed E-state index contributed by atoms with van der Waals surface area (Å²) in [6, 6.07) is 14.6. The highest BCUT2D eigenvalue weighted by Crippen LogP contribution is 2.31. The number of benzene rings is 3. The zero-order valence-electron chi connectivity index (χ0n) is 23.1. The largest absolute Gasteiger partial charge is 0.303 e. The van der Waals surface area contributed by atoms with Gasteiger partial charge in [0.15, 0.2) is 9.84 Å². The molecule has 226 valence electrons. The third kappa shape index (κ3) is 8.40. The molecule has 0 spiro atoms. The number of sulfone groups is 1. The molecule has 4 rings (SSSR count). The summed E-state index contributed by atoms with van der Waals surface area (Å²) in [4.78, 5) is 12.6. The standard InChI is InChI=1S/C29H33F2N3O6S2/c1-41(37,38)27-6-2-22(3-7-27)29(23-18-24(30)20-25(31)19-23)13-17-33-15-11-21(12-16-33)10-14-32-42(39,40)28-8-4-26(5-9-28)34(35)36/h2-9,18-21,29,32H,10-17H2,1H3/t29-/m1/s1. The first-order valence-electron chi connectivity index (χ1n) is 13.5. The maximum Gasteiger partial charge on any atom is 0.269 e. The lowest BCUT2D eigenvalue weighted by atomic mass is 9.87. The van der Waals surface area contributed by atoms with Gasteiger partial charge < -0.3 is 4.90 Å². The van der Waals surface area contributed by atoms with Gasteiger partial charge in [-0.25, -0.2) is 30.3 Å². The molecule has 1 heterocycles. The molecule has 3 aromatic rings. The van der Waals surface area contributed by atoms with Crippen molar-refractivity contribution in [1.82, 2.24) is 9.62 Å². The fourth-order valence-electron chi connectivity index (χ4n) is 5.29. The highest BCUT2D eigenvalue weighted by Gasteiger charge is 2.23. The van der Waals surface area contributed by atoms with Crippen molar-refractivity contribution in [3.63, 3.8) is 0 Å². The third-order valence-corrected chi connectivity index (χ3v) is 10.2. The Morgan fingerprint density at radius 3 is 2.02 bits per heavy atom. The summed E-state index contributed by atoms with van der Waals surface area (Å²) in [7, 11) is -7.15. The Hall–Kier alpha value is -3.26. The van der Waals surface area contributed by atoms with Gasteiger partial charge >= 0.3 is 0 Å². The quantitative estimate of drug-likeness (QED) is 0.226. The number of sulfonamides is 1. The van der Waals surface area contributed by atoms with Crippen LogP contribution in [0, 0.1) is 27.7 Å². The molecule has 1 saturated heterocycles. The molecule has 0 saturated carbocycles. The molecular formula is C29H33F2N3O6S2. The van der Waals surface area contributed by atoms with Gasteiger partial charge in [0.05, 0.1) is 14.7 Å². The number of hydrogen-bond donors (Lipinski definition) is 1. The zero-order chi connectivity index (χ0) is 30.5. The Labute approximate surface area is 244 Å². The Bertz CT molecular complexity index is 1590. The van der Waals surface area contributed by atoms with Gasteiger partial charge in [-0.3, -0.25) is 10.1 Å². The second kappa shape index (κ2) is 13.4. The van der Waals surface area contributed by atoms with Crippen LogP contribution in [-0.4, -0.2) is 59.1 Å². The summed E-state index contributed by atoms with van der Waals surface area (Å²) < 4.78 is 79.6. The highest BCUT2D eigenvalue weighted by molar-refractivity contribution is 7.90. The molecule has 0 aromatic heterocycles. The summed E-state index contributed by atoms with van der Waals surface area (Å²) >= 11 is 0. The van der Waals surface area contributed by atoms with Gasteiger partial charge in [-0.2, -0.15) is 0 Å². The molecule has 0 radical (unpaired) electrons. The van der Waals surface area contributed by atoms with Crippen LogP contribution in [0.1, 0.15) is 42.7 Å². The summed E-state index contributed by atoms with van der Waals surface area (Å²) in [6.45, 7) is 2.49. The van der Waals surface area contributed by atoms with Crippen LogP contribution in [0.15, 0.2) is 76.5 Å². The van der Waals surface area contributed by atoms with E-state index in [0.29, 0.717) is 30.9 Å². The first-order chi connectivity index (χ1) is 19.8. The van der Waals surface area contributed by atoms with Gasteiger partial charge in [0, 0.05) is 36.9 Å². The molecule has 1 aliphatic rings. The smallest absolute Gasteiger partial charge is 0.269 e. The van der Waals surface area contributed by atoms with E-state index in [1.807, 2.05) is 0 Å². The van der Waals surface area contributed by atoms with Gasteiger partial charge in [0.1, 0.15) is 11.6 Å². The molecule has 0 unspecified atom stereocenters. The van der Waals surface area contributed by atoms with Gasteiger partial charge in [-0.05, 0) is 98.8 Å². The summed E-state index contributed by atoms with van der Waals surface area (Å²) in [6.07, 6.45) is 4.07. The van der Waals surface area contributed by atoms with Crippen LogP contribution in [0.2, 0.25) is 0 Å². The minimum Gasteiger partial charge on any atom is -0.303 e. The number of rotatable bonds is 12. The predicted molar refractivity (Wildman–Crippen MR) is 154 cm³/mol. The average molecular weight is 622 g/mol. The first kappa shape index (κ1) is 31.7. The van der Waals surface area contributed by atoms with Crippen LogP contribution < -0.4 is 4.72 Å². The molecule has 1 N–H and O–H groups in total. The fraction of sp³-hybridized carbons (Fsp3) is 0.379. The summed E-state index contributed by atoms with van der Waals surface area (Å²) in [5.74, 6) is -1.37. The predicted octanol–water partition coefficient (Wildman–Crippen LogP) is 4.88. The minimum atomic E-state index is -3.77. The van der Waals surface area contributed by atoms with Crippen LogP contribution in [0.25, 0.3) is 0 Å². The molecule has 1 atom stereocenters. The number of non-ortho nitro benzene ring substituents is 1. The van der Waals surface area contributed by atoms with E-state index in [-0.39, 0.29) is 27.9 Å². The Balaban J connectivity index is 1.31. The second-order valence-electron chi connectivity index (χ2n) is 10.6. The number of likely N-dealkylation sites (tertiary alicyclic amines) is 1. The molecule has 1 fully saturated rings. The first-order valence-corrected chi connectivity index (χ1v) is 16.9. The van der Waals surface area contributed by atoms with E-state index in [9.17, 15) is 35.7 Å². The number of halogens is 2. The molecule has 1 aliphatic heterocycles. The summed E-state index contributed by atoms with van der Waals surface area (Å²) in [5, 5.41) is 10.8. The number of piperidine rings is 1. The van der Waals surface area contributed by atoms with Crippen LogP contribution >= 0.6 is 0 Å². The second-order valence-corrected chi connectivity index (χ2v) is 14.4. The zero-order valence-corrected chi connectivity index (χ0v) is 24.7. The maximum absolute atomic E-state index is 14.1. The van der Waals surface area contributed by atoms with Crippen LogP contribution in [0.4, 0.5) is 14.5 Å². The fourth-order valence-corrected chi connectivity index (χ4v) is 6.97. The average Bonchev–Trinajstić information content (AvgIpc) is 2.93. The van der Waals surface area contributed by atoms with E-state index in [2.05, 4.69) is 9.62 Å². The minimum absolute atomic E-state index is 0.0263. The lowest BCUT2D eigenvalue weighted by Crippen LogP contribution is -2.36. The molecular weight excluding hydrogens is 588 g/mol.